The summed E-state index contributed by atoms with van der Waals surface area (Å²) in [4.78, 5) is 0. The first-order chi connectivity index (χ1) is 7.83. The van der Waals surface area contributed by atoms with E-state index in [1.165, 1.54) is 7.11 Å². The Balaban J connectivity index is 2.69. The van der Waals surface area contributed by atoms with E-state index in [1.54, 1.807) is 19.9 Å². The highest BCUT2D eigenvalue weighted by atomic mass is 79.9. The van der Waals surface area contributed by atoms with Crippen molar-refractivity contribution in [2.45, 2.75) is 26.0 Å². The van der Waals surface area contributed by atoms with Crippen LogP contribution in [0.15, 0.2) is 16.6 Å². The van der Waals surface area contributed by atoms with E-state index in [0.29, 0.717) is 23.3 Å². The lowest BCUT2D eigenvalue weighted by Gasteiger charge is -2.18. The van der Waals surface area contributed by atoms with Crippen molar-refractivity contribution in [3.8, 4) is 11.5 Å². The van der Waals surface area contributed by atoms with Crippen molar-refractivity contribution >= 4 is 15.9 Å². The van der Waals surface area contributed by atoms with Crippen molar-refractivity contribution in [2.24, 2.45) is 0 Å². The van der Waals surface area contributed by atoms with Crippen LogP contribution in [0.25, 0.3) is 0 Å². The Kier molecular flexibility index (Phi) is 4.80. The van der Waals surface area contributed by atoms with Gasteiger partial charge in [0.05, 0.1) is 17.2 Å². The lowest BCUT2D eigenvalue weighted by molar-refractivity contribution is 0.0795. The highest BCUT2D eigenvalue weighted by Crippen LogP contribution is 2.35. The predicted molar refractivity (Wildman–Crippen MR) is 70.4 cm³/mol. The first-order valence-electron chi connectivity index (χ1n) is 5.32. The van der Waals surface area contributed by atoms with Gasteiger partial charge in [0.25, 0.3) is 0 Å². The third-order valence-electron chi connectivity index (χ3n) is 2.19. The van der Waals surface area contributed by atoms with Crippen LogP contribution in [-0.2, 0) is 6.54 Å². The van der Waals surface area contributed by atoms with Gasteiger partial charge in [-0.2, -0.15) is 0 Å². The van der Waals surface area contributed by atoms with Crippen LogP contribution in [0.4, 0.5) is 0 Å². The summed E-state index contributed by atoms with van der Waals surface area (Å²) in [5, 5.41) is 22.3. The monoisotopic (exact) mass is 303 g/mol. The summed E-state index contributed by atoms with van der Waals surface area (Å²) in [6, 6.07) is 3.58. The van der Waals surface area contributed by atoms with Crippen LogP contribution in [0.3, 0.4) is 0 Å². The van der Waals surface area contributed by atoms with Crippen LogP contribution in [0.2, 0.25) is 0 Å². The van der Waals surface area contributed by atoms with E-state index in [0.717, 1.165) is 5.56 Å². The smallest absolute Gasteiger partial charge is 0.172 e. The molecule has 0 heterocycles. The molecular formula is C12H18BrNO3. The number of rotatable bonds is 5. The summed E-state index contributed by atoms with van der Waals surface area (Å²) in [6.07, 6.45) is 0. The molecule has 96 valence electrons. The molecular weight excluding hydrogens is 286 g/mol. The normalized spacial score (nSPS) is 11.6. The van der Waals surface area contributed by atoms with E-state index < -0.39 is 5.60 Å². The van der Waals surface area contributed by atoms with Gasteiger partial charge in [0.1, 0.15) is 0 Å². The van der Waals surface area contributed by atoms with Crippen molar-refractivity contribution in [1.82, 2.24) is 5.32 Å². The van der Waals surface area contributed by atoms with Gasteiger partial charge in [-0.25, -0.2) is 0 Å². The maximum atomic E-state index is 9.64. The van der Waals surface area contributed by atoms with Crippen molar-refractivity contribution < 1.29 is 14.9 Å². The molecule has 0 bridgehead atoms. The molecule has 0 aliphatic rings. The second-order valence-corrected chi connectivity index (χ2v) is 5.40. The zero-order valence-corrected chi connectivity index (χ0v) is 11.8. The maximum absolute atomic E-state index is 9.64. The predicted octanol–water partition coefficient (Wildman–Crippen LogP) is 2.02. The summed E-state index contributed by atoms with van der Waals surface area (Å²) in [5.74, 6) is 0.526. The van der Waals surface area contributed by atoms with Gasteiger partial charge in [-0.05, 0) is 47.5 Å². The SMILES string of the molecule is COc1cc(CNCC(C)(C)O)cc(Br)c1O. The Morgan fingerprint density at radius 1 is 1.41 bits per heavy atom. The molecule has 1 aromatic carbocycles. The van der Waals surface area contributed by atoms with E-state index in [9.17, 15) is 10.2 Å². The van der Waals surface area contributed by atoms with Gasteiger partial charge >= 0.3 is 0 Å². The van der Waals surface area contributed by atoms with Gasteiger partial charge in [-0.3, -0.25) is 0 Å². The topological polar surface area (TPSA) is 61.7 Å². The molecule has 0 saturated heterocycles. The summed E-state index contributed by atoms with van der Waals surface area (Å²) in [5.41, 5.74) is 0.230. The molecule has 1 aromatic rings. The number of ether oxygens (including phenoxy) is 1. The Morgan fingerprint density at radius 2 is 2.06 bits per heavy atom. The first-order valence-corrected chi connectivity index (χ1v) is 6.11. The number of phenolic OH excluding ortho intramolecular Hbond substituents is 1. The summed E-state index contributed by atoms with van der Waals surface area (Å²) in [7, 11) is 1.51. The number of aliphatic hydroxyl groups is 1. The van der Waals surface area contributed by atoms with Crippen LogP contribution in [0, 0.1) is 0 Å². The van der Waals surface area contributed by atoms with Crippen LogP contribution < -0.4 is 10.1 Å². The number of aromatic hydroxyl groups is 1. The van der Waals surface area contributed by atoms with Crippen LogP contribution in [-0.4, -0.2) is 29.5 Å². The Morgan fingerprint density at radius 3 is 2.59 bits per heavy atom. The van der Waals surface area contributed by atoms with E-state index in [1.807, 2.05) is 6.07 Å². The van der Waals surface area contributed by atoms with Crippen LogP contribution >= 0.6 is 15.9 Å². The van der Waals surface area contributed by atoms with Crippen LogP contribution in [0.5, 0.6) is 11.5 Å². The van der Waals surface area contributed by atoms with Gasteiger partial charge in [-0.15, -0.1) is 0 Å². The molecule has 0 aromatic heterocycles. The maximum Gasteiger partial charge on any atom is 0.172 e. The fourth-order valence-corrected chi connectivity index (χ4v) is 1.89. The highest BCUT2D eigenvalue weighted by Gasteiger charge is 2.12. The van der Waals surface area contributed by atoms with Crippen molar-refractivity contribution in [3.05, 3.63) is 22.2 Å². The zero-order chi connectivity index (χ0) is 13.1. The molecule has 0 unspecified atom stereocenters. The molecule has 0 amide bonds. The average molecular weight is 304 g/mol. The molecule has 0 radical (unpaired) electrons. The average Bonchev–Trinajstić information content (AvgIpc) is 2.21. The minimum absolute atomic E-state index is 0.0961. The van der Waals surface area contributed by atoms with E-state index in [-0.39, 0.29) is 5.75 Å². The molecule has 4 nitrogen and oxygen atoms in total. The summed E-state index contributed by atoms with van der Waals surface area (Å²) in [6.45, 7) is 4.58. The number of halogens is 1. The number of hydrogen-bond acceptors (Lipinski definition) is 4. The number of hydrogen-bond donors (Lipinski definition) is 3. The van der Waals surface area contributed by atoms with Gasteiger partial charge in [0.2, 0.25) is 0 Å². The Bertz CT molecular complexity index is 388. The Hall–Kier alpha value is -0.780. The number of nitrogens with one attached hydrogen (secondary N) is 1. The molecule has 1 rings (SSSR count). The molecule has 0 fully saturated rings. The van der Waals surface area contributed by atoms with Gasteiger partial charge in [0, 0.05) is 13.1 Å². The molecule has 17 heavy (non-hydrogen) atoms. The molecule has 5 heteroatoms. The third kappa shape index (κ3) is 4.53. The lowest BCUT2D eigenvalue weighted by Crippen LogP contribution is -2.34. The zero-order valence-electron chi connectivity index (χ0n) is 10.2. The fourth-order valence-electron chi connectivity index (χ4n) is 1.40. The third-order valence-corrected chi connectivity index (χ3v) is 2.80. The first kappa shape index (κ1) is 14.3. The molecule has 0 saturated carbocycles. The van der Waals surface area contributed by atoms with Gasteiger partial charge < -0.3 is 20.3 Å². The lowest BCUT2D eigenvalue weighted by atomic mass is 10.1. The second kappa shape index (κ2) is 5.71. The number of benzene rings is 1. The minimum Gasteiger partial charge on any atom is -0.503 e. The van der Waals surface area contributed by atoms with Crippen LogP contribution in [0.1, 0.15) is 19.4 Å². The van der Waals surface area contributed by atoms with E-state index >= 15 is 0 Å². The molecule has 0 spiro atoms. The molecule has 0 aliphatic heterocycles. The molecule has 3 N–H and O–H groups in total. The number of methoxy groups -OCH3 is 1. The van der Waals surface area contributed by atoms with Gasteiger partial charge in [0.15, 0.2) is 11.5 Å². The molecule has 0 atom stereocenters. The summed E-state index contributed by atoms with van der Waals surface area (Å²) >= 11 is 3.26. The molecule has 0 aliphatic carbocycles. The standard InChI is InChI=1S/C12H18BrNO3/c1-12(2,16)7-14-6-8-4-9(13)11(15)10(5-8)17-3/h4-5,14-16H,6-7H2,1-3H3. The number of phenols is 1. The van der Waals surface area contributed by atoms with E-state index in [4.69, 9.17) is 4.74 Å². The van der Waals surface area contributed by atoms with Crippen molar-refractivity contribution in [2.75, 3.05) is 13.7 Å². The quantitative estimate of drug-likeness (QED) is 0.779. The Labute approximate surface area is 110 Å². The largest absolute Gasteiger partial charge is 0.503 e. The van der Waals surface area contributed by atoms with E-state index in [2.05, 4.69) is 21.2 Å². The second-order valence-electron chi connectivity index (χ2n) is 4.54. The van der Waals surface area contributed by atoms with Crippen molar-refractivity contribution in [1.29, 1.82) is 0 Å². The van der Waals surface area contributed by atoms with Gasteiger partial charge in [-0.1, -0.05) is 0 Å². The highest BCUT2D eigenvalue weighted by molar-refractivity contribution is 9.10. The van der Waals surface area contributed by atoms with Crippen molar-refractivity contribution in [3.63, 3.8) is 0 Å². The minimum atomic E-state index is -0.738. The summed E-state index contributed by atoms with van der Waals surface area (Å²) < 4.78 is 5.65. The fraction of sp³-hybridized carbons (Fsp3) is 0.500.